The van der Waals surface area contributed by atoms with Crippen molar-refractivity contribution in [3.05, 3.63) is 29.3 Å². The van der Waals surface area contributed by atoms with Crippen molar-refractivity contribution in [2.24, 2.45) is 15.9 Å². The topological polar surface area (TPSA) is 60.0 Å². The van der Waals surface area contributed by atoms with Crippen LogP contribution in [0.2, 0.25) is 0 Å². The number of hydrogen-bond donors (Lipinski definition) is 1. The lowest BCUT2D eigenvalue weighted by atomic mass is 9.95. The van der Waals surface area contributed by atoms with E-state index in [2.05, 4.69) is 29.0 Å². The van der Waals surface area contributed by atoms with Gasteiger partial charge in [0.25, 0.3) is 0 Å². The van der Waals surface area contributed by atoms with Crippen LogP contribution < -0.4 is 5.73 Å². The van der Waals surface area contributed by atoms with Gasteiger partial charge in [0, 0.05) is 42.9 Å². The zero-order valence-corrected chi connectivity index (χ0v) is 13.3. The van der Waals surface area contributed by atoms with Gasteiger partial charge in [-0.3, -0.25) is 9.98 Å². The SMILES string of the molecule is CC1CCC(c2ccc(C=NC3CCOCC3)c(N)c2)=NC1. The summed E-state index contributed by atoms with van der Waals surface area (Å²) >= 11 is 0. The number of ether oxygens (including phenoxy) is 1. The minimum atomic E-state index is 0.372. The van der Waals surface area contributed by atoms with E-state index in [0.29, 0.717) is 12.0 Å². The summed E-state index contributed by atoms with van der Waals surface area (Å²) in [5.74, 6) is 0.701. The van der Waals surface area contributed by atoms with Crippen molar-refractivity contribution >= 4 is 17.6 Å². The van der Waals surface area contributed by atoms with E-state index in [1.165, 1.54) is 12.1 Å². The number of aliphatic imine (C=N–C) groups is 2. The Balaban J connectivity index is 1.70. The molecule has 0 aromatic heterocycles. The van der Waals surface area contributed by atoms with Gasteiger partial charge < -0.3 is 10.5 Å². The second-order valence-corrected chi connectivity index (χ2v) is 6.40. The Kier molecular flexibility index (Phi) is 4.88. The van der Waals surface area contributed by atoms with Crippen LogP contribution in [0.25, 0.3) is 0 Å². The molecular weight excluding hydrogens is 274 g/mol. The van der Waals surface area contributed by atoms with Gasteiger partial charge >= 0.3 is 0 Å². The van der Waals surface area contributed by atoms with E-state index >= 15 is 0 Å². The number of anilines is 1. The third-order valence-electron chi connectivity index (χ3n) is 4.50. The predicted molar refractivity (Wildman–Crippen MR) is 92.1 cm³/mol. The summed E-state index contributed by atoms with van der Waals surface area (Å²) in [4.78, 5) is 9.34. The monoisotopic (exact) mass is 299 g/mol. The van der Waals surface area contributed by atoms with Gasteiger partial charge in [0.1, 0.15) is 0 Å². The molecule has 3 rings (SSSR count). The van der Waals surface area contributed by atoms with Gasteiger partial charge in [0.05, 0.1) is 6.04 Å². The Morgan fingerprint density at radius 2 is 2.09 bits per heavy atom. The molecule has 1 atom stereocenters. The van der Waals surface area contributed by atoms with Crippen molar-refractivity contribution in [2.45, 2.75) is 38.6 Å². The quantitative estimate of drug-likeness (QED) is 0.688. The molecule has 118 valence electrons. The molecule has 1 aromatic carbocycles. The van der Waals surface area contributed by atoms with Crippen molar-refractivity contribution in [1.29, 1.82) is 0 Å². The van der Waals surface area contributed by atoms with E-state index in [0.717, 1.165) is 55.8 Å². The van der Waals surface area contributed by atoms with Crippen LogP contribution >= 0.6 is 0 Å². The first-order chi connectivity index (χ1) is 10.7. The van der Waals surface area contributed by atoms with Gasteiger partial charge in [-0.25, -0.2) is 0 Å². The van der Waals surface area contributed by atoms with Crippen LogP contribution in [-0.2, 0) is 4.74 Å². The minimum Gasteiger partial charge on any atom is -0.398 e. The van der Waals surface area contributed by atoms with Crippen molar-refractivity contribution in [2.75, 3.05) is 25.5 Å². The zero-order chi connectivity index (χ0) is 15.4. The Morgan fingerprint density at radius 3 is 2.77 bits per heavy atom. The lowest BCUT2D eigenvalue weighted by Gasteiger charge is -2.19. The number of nitrogens with zero attached hydrogens (tertiary/aromatic N) is 2. The molecule has 4 heteroatoms. The molecule has 1 aromatic rings. The minimum absolute atomic E-state index is 0.372. The molecule has 4 nitrogen and oxygen atoms in total. The fourth-order valence-electron chi connectivity index (χ4n) is 2.95. The van der Waals surface area contributed by atoms with Crippen LogP contribution in [0.3, 0.4) is 0 Å². The molecular formula is C18H25N3O. The van der Waals surface area contributed by atoms with Crippen LogP contribution in [0.5, 0.6) is 0 Å². The summed E-state index contributed by atoms with van der Waals surface area (Å²) < 4.78 is 5.35. The Morgan fingerprint density at radius 1 is 1.27 bits per heavy atom. The maximum Gasteiger partial charge on any atom is 0.0543 e. The molecule has 22 heavy (non-hydrogen) atoms. The van der Waals surface area contributed by atoms with Gasteiger partial charge in [0.15, 0.2) is 0 Å². The molecule has 0 amide bonds. The number of nitrogens with two attached hydrogens (primary N) is 1. The summed E-state index contributed by atoms with van der Waals surface area (Å²) in [7, 11) is 0. The summed E-state index contributed by atoms with van der Waals surface area (Å²) in [6, 6.07) is 6.60. The first-order valence-corrected chi connectivity index (χ1v) is 8.26. The van der Waals surface area contributed by atoms with Gasteiger partial charge in [-0.05, 0) is 43.2 Å². The second kappa shape index (κ2) is 7.05. The molecule has 0 radical (unpaired) electrons. The van der Waals surface area contributed by atoms with E-state index in [1.807, 2.05) is 12.3 Å². The highest BCUT2D eigenvalue weighted by Crippen LogP contribution is 2.21. The molecule has 2 heterocycles. The van der Waals surface area contributed by atoms with Crippen molar-refractivity contribution in [3.8, 4) is 0 Å². The Hall–Kier alpha value is -1.68. The number of benzene rings is 1. The second-order valence-electron chi connectivity index (χ2n) is 6.40. The molecule has 0 bridgehead atoms. The normalized spacial score (nSPS) is 23.7. The van der Waals surface area contributed by atoms with Crippen LogP contribution in [0.4, 0.5) is 5.69 Å². The highest BCUT2D eigenvalue weighted by atomic mass is 16.5. The standard InChI is InChI=1S/C18H25N3O/c1-13-2-5-18(21-11-13)14-3-4-15(17(19)10-14)12-20-16-6-8-22-9-7-16/h3-4,10,12-13,16H,2,5-9,11,19H2,1H3. The molecule has 2 aliphatic heterocycles. The van der Waals surface area contributed by atoms with Gasteiger partial charge in [-0.2, -0.15) is 0 Å². The summed E-state index contributed by atoms with van der Waals surface area (Å²) in [6.45, 7) is 4.82. The van der Waals surface area contributed by atoms with Gasteiger partial charge in [0.2, 0.25) is 0 Å². The third kappa shape index (κ3) is 3.74. The largest absolute Gasteiger partial charge is 0.398 e. The lowest BCUT2D eigenvalue weighted by Crippen LogP contribution is -2.18. The Labute approximate surface area is 132 Å². The van der Waals surface area contributed by atoms with Gasteiger partial charge in [-0.1, -0.05) is 19.1 Å². The summed E-state index contributed by atoms with van der Waals surface area (Å²) in [6.07, 6.45) is 6.19. The van der Waals surface area contributed by atoms with E-state index in [4.69, 9.17) is 10.5 Å². The number of nitrogen functional groups attached to an aromatic ring is 1. The van der Waals surface area contributed by atoms with Crippen LogP contribution in [0, 0.1) is 5.92 Å². The van der Waals surface area contributed by atoms with Crippen LogP contribution in [-0.4, -0.2) is 37.7 Å². The van der Waals surface area contributed by atoms with E-state index < -0.39 is 0 Å². The van der Waals surface area contributed by atoms with Crippen molar-refractivity contribution in [3.63, 3.8) is 0 Å². The van der Waals surface area contributed by atoms with Crippen LogP contribution in [0.1, 0.15) is 43.7 Å². The smallest absolute Gasteiger partial charge is 0.0543 e. The summed E-state index contributed by atoms with van der Waals surface area (Å²) in [5.41, 5.74) is 10.3. The molecule has 1 unspecified atom stereocenters. The fourth-order valence-corrected chi connectivity index (χ4v) is 2.95. The van der Waals surface area contributed by atoms with Crippen LogP contribution in [0.15, 0.2) is 28.2 Å². The van der Waals surface area contributed by atoms with E-state index in [-0.39, 0.29) is 0 Å². The number of hydrogen-bond acceptors (Lipinski definition) is 4. The highest BCUT2D eigenvalue weighted by molar-refractivity contribution is 6.02. The molecule has 0 saturated carbocycles. The first-order valence-electron chi connectivity index (χ1n) is 8.26. The molecule has 2 aliphatic rings. The highest BCUT2D eigenvalue weighted by Gasteiger charge is 2.14. The molecule has 0 spiro atoms. The van der Waals surface area contributed by atoms with Crippen molar-refractivity contribution in [1.82, 2.24) is 0 Å². The molecule has 2 N–H and O–H groups in total. The molecule has 0 aliphatic carbocycles. The predicted octanol–water partition coefficient (Wildman–Crippen LogP) is 3.09. The Bertz CT molecular complexity index is 574. The fraction of sp³-hybridized carbons (Fsp3) is 0.556. The first kappa shape index (κ1) is 15.2. The average molecular weight is 299 g/mol. The maximum absolute atomic E-state index is 6.20. The average Bonchev–Trinajstić information content (AvgIpc) is 2.55. The third-order valence-corrected chi connectivity index (χ3v) is 4.50. The lowest BCUT2D eigenvalue weighted by molar-refractivity contribution is 0.0872. The molecule has 1 fully saturated rings. The van der Waals surface area contributed by atoms with Gasteiger partial charge in [-0.15, -0.1) is 0 Å². The van der Waals surface area contributed by atoms with E-state index in [1.54, 1.807) is 0 Å². The summed E-state index contributed by atoms with van der Waals surface area (Å²) in [5, 5.41) is 0. The van der Waals surface area contributed by atoms with Crippen molar-refractivity contribution < 1.29 is 4.74 Å². The molecule has 1 saturated heterocycles. The zero-order valence-electron chi connectivity index (χ0n) is 13.3. The number of rotatable bonds is 3. The maximum atomic E-state index is 6.20. The van der Waals surface area contributed by atoms with E-state index in [9.17, 15) is 0 Å².